The summed E-state index contributed by atoms with van der Waals surface area (Å²) in [5, 5.41) is 11.5. The Bertz CT molecular complexity index is 749. The van der Waals surface area contributed by atoms with Gasteiger partial charge in [-0.25, -0.2) is 14.2 Å². The van der Waals surface area contributed by atoms with Gasteiger partial charge in [-0.3, -0.25) is 5.32 Å². The van der Waals surface area contributed by atoms with E-state index in [1.807, 2.05) is 25.7 Å². The van der Waals surface area contributed by atoms with Gasteiger partial charge in [0.15, 0.2) is 17.2 Å². The molecule has 1 aromatic carbocycles. The van der Waals surface area contributed by atoms with Crippen molar-refractivity contribution in [3.63, 3.8) is 0 Å². The molecule has 1 aliphatic heterocycles. The van der Waals surface area contributed by atoms with Crippen LogP contribution in [-0.4, -0.2) is 54.2 Å². The second kappa shape index (κ2) is 8.95. The Morgan fingerprint density at radius 2 is 2.00 bits per heavy atom. The van der Waals surface area contributed by atoms with Crippen molar-refractivity contribution < 1.29 is 13.9 Å². The van der Waals surface area contributed by atoms with Crippen LogP contribution in [0, 0.1) is 17.3 Å². The number of anilines is 1. The van der Waals surface area contributed by atoms with Gasteiger partial charge in [-0.2, -0.15) is 5.26 Å². The molecule has 1 aliphatic rings. The molecule has 1 fully saturated rings. The maximum atomic E-state index is 14.4. The maximum Gasteiger partial charge on any atom is 0.410 e. The summed E-state index contributed by atoms with van der Waals surface area (Å²) in [6, 6.07) is 4.75. The average Bonchev–Trinajstić information content (AvgIpc) is 2.61. The van der Waals surface area contributed by atoms with Crippen LogP contribution in [0.3, 0.4) is 0 Å². The fourth-order valence-corrected chi connectivity index (χ4v) is 2.93. The smallest absolute Gasteiger partial charge is 0.410 e. The van der Waals surface area contributed by atoms with Crippen molar-refractivity contribution in [1.29, 1.82) is 5.26 Å². The van der Waals surface area contributed by atoms with Gasteiger partial charge < -0.3 is 14.5 Å². The predicted molar refractivity (Wildman–Crippen MR) is 106 cm³/mol. The van der Waals surface area contributed by atoms with E-state index in [1.54, 1.807) is 29.5 Å². The summed E-state index contributed by atoms with van der Waals surface area (Å²) < 4.78 is 19.8. The third kappa shape index (κ3) is 5.76. The minimum absolute atomic E-state index is 0.176. The highest BCUT2D eigenvalue weighted by Crippen LogP contribution is 2.33. The first-order valence-corrected chi connectivity index (χ1v) is 9.77. The van der Waals surface area contributed by atoms with Gasteiger partial charge in [-0.15, -0.1) is 0 Å². The fourth-order valence-electron chi connectivity index (χ4n) is 2.60. The van der Waals surface area contributed by atoms with E-state index < -0.39 is 11.4 Å². The lowest BCUT2D eigenvalue weighted by Crippen LogP contribution is -2.50. The molecule has 0 aliphatic carbocycles. The quantitative estimate of drug-likeness (QED) is 0.359. The molecule has 0 saturated carbocycles. The van der Waals surface area contributed by atoms with E-state index in [9.17, 15) is 9.18 Å². The molecule has 0 bridgehead atoms. The standard InChI is InChI=1S/C18H24FN5O2S/c1-18(2,3)26-17(25)24-10-8-23(9-11-24)14-7-5-6-13(19)15(14)22-16(27-4)21-12-20/h5-7H,8-11H2,1-4H3,(H,21,22). The molecule has 0 unspecified atom stereocenters. The number of amidine groups is 1. The second-order valence-corrected chi connectivity index (χ2v) is 7.71. The number of para-hydroxylation sites is 1. The van der Waals surface area contributed by atoms with E-state index in [2.05, 4.69) is 10.3 Å². The highest BCUT2D eigenvalue weighted by molar-refractivity contribution is 8.13. The molecule has 7 nitrogen and oxygen atoms in total. The third-order valence-corrected chi connectivity index (χ3v) is 4.39. The summed E-state index contributed by atoms with van der Waals surface area (Å²) in [5.74, 6) is -0.464. The van der Waals surface area contributed by atoms with Crippen LogP contribution in [0.5, 0.6) is 0 Å². The SMILES string of the molecule is CSC(=Nc1c(F)cccc1N1CCN(C(=O)OC(C)(C)C)CC1)NC#N. The zero-order valence-electron chi connectivity index (χ0n) is 16.0. The van der Waals surface area contributed by atoms with Gasteiger partial charge in [0.2, 0.25) is 0 Å². The number of aliphatic imine (C=N–C) groups is 1. The molecule has 27 heavy (non-hydrogen) atoms. The van der Waals surface area contributed by atoms with Crippen molar-refractivity contribution in [3.05, 3.63) is 24.0 Å². The normalized spacial score (nSPS) is 15.3. The predicted octanol–water partition coefficient (Wildman–Crippen LogP) is 3.30. The van der Waals surface area contributed by atoms with E-state index in [-0.39, 0.29) is 11.8 Å². The molecule has 0 spiro atoms. The number of nitriles is 1. The molecular formula is C18H24FN5O2S. The van der Waals surface area contributed by atoms with Crippen LogP contribution in [0.1, 0.15) is 20.8 Å². The van der Waals surface area contributed by atoms with Crippen LogP contribution in [0.15, 0.2) is 23.2 Å². The van der Waals surface area contributed by atoms with Gasteiger partial charge in [0, 0.05) is 26.2 Å². The van der Waals surface area contributed by atoms with Crippen molar-refractivity contribution in [3.8, 4) is 6.19 Å². The van der Waals surface area contributed by atoms with Crippen LogP contribution < -0.4 is 10.2 Å². The molecule has 0 atom stereocenters. The molecule has 2 rings (SSSR count). The molecule has 1 saturated heterocycles. The summed E-state index contributed by atoms with van der Waals surface area (Å²) in [6.45, 7) is 7.50. The summed E-state index contributed by atoms with van der Waals surface area (Å²) >= 11 is 1.22. The lowest BCUT2D eigenvalue weighted by Gasteiger charge is -2.37. The van der Waals surface area contributed by atoms with E-state index in [0.717, 1.165) is 0 Å². The Kier molecular flexibility index (Phi) is 6.91. The highest BCUT2D eigenvalue weighted by Gasteiger charge is 2.27. The molecule has 1 amide bonds. The first kappa shape index (κ1) is 20.8. The van der Waals surface area contributed by atoms with Crippen molar-refractivity contribution in [2.75, 3.05) is 37.3 Å². The summed E-state index contributed by atoms with van der Waals surface area (Å²) in [6.07, 6.45) is 3.21. The fraction of sp³-hybridized carbons (Fsp3) is 0.500. The van der Waals surface area contributed by atoms with Crippen LogP contribution in [0.2, 0.25) is 0 Å². The number of hydrogen-bond donors (Lipinski definition) is 1. The number of halogens is 1. The number of piperazine rings is 1. The van der Waals surface area contributed by atoms with Crippen molar-refractivity contribution >= 4 is 34.4 Å². The second-order valence-electron chi connectivity index (χ2n) is 6.92. The van der Waals surface area contributed by atoms with Gasteiger partial charge >= 0.3 is 6.09 Å². The molecule has 9 heteroatoms. The number of carbonyl (C=O) groups excluding carboxylic acids is 1. The minimum atomic E-state index is -0.541. The first-order chi connectivity index (χ1) is 12.7. The molecule has 1 aromatic rings. The minimum Gasteiger partial charge on any atom is -0.444 e. The van der Waals surface area contributed by atoms with Gasteiger partial charge in [0.1, 0.15) is 11.3 Å². The average molecular weight is 393 g/mol. The van der Waals surface area contributed by atoms with Crippen LogP contribution in [-0.2, 0) is 4.74 Å². The van der Waals surface area contributed by atoms with Gasteiger partial charge in [0.25, 0.3) is 0 Å². The van der Waals surface area contributed by atoms with Crippen LogP contribution >= 0.6 is 11.8 Å². The molecule has 0 aromatic heterocycles. The monoisotopic (exact) mass is 393 g/mol. The largest absolute Gasteiger partial charge is 0.444 e. The lowest BCUT2D eigenvalue weighted by atomic mass is 10.2. The molecule has 1 heterocycles. The zero-order chi connectivity index (χ0) is 20.0. The molecule has 0 radical (unpaired) electrons. The summed E-state index contributed by atoms with van der Waals surface area (Å²) in [4.78, 5) is 20.1. The van der Waals surface area contributed by atoms with Crippen molar-refractivity contribution in [1.82, 2.24) is 10.2 Å². The van der Waals surface area contributed by atoms with Crippen LogP contribution in [0.25, 0.3) is 0 Å². The van der Waals surface area contributed by atoms with E-state index >= 15 is 0 Å². The van der Waals surface area contributed by atoms with Crippen LogP contribution in [0.4, 0.5) is 20.6 Å². The number of thioether (sulfide) groups is 1. The lowest BCUT2D eigenvalue weighted by molar-refractivity contribution is 0.0240. The number of nitrogens with one attached hydrogen (secondary N) is 1. The molecule has 146 valence electrons. The Morgan fingerprint density at radius 1 is 1.33 bits per heavy atom. The Balaban J connectivity index is 2.16. The number of benzene rings is 1. The highest BCUT2D eigenvalue weighted by atomic mass is 32.2. The van der Waals surface area contributed by atoms with E-state index in [4.69, 9.17) is 10.00 Å². The van der Waals surface area contributed by atoms with Crippen molar-refractivity contribution in [2.24, 2.45) is 4.99 Å². The number of hydrogen-bond acceptors (Lipinski definition) is 6. The summed E-state index contributed by atoms with van der Waals surface area (Å²) in [7, 11) is 0. The number of carbonyl (C=O) groups is 1. The Hall–Kier alpha value is -2.47. The number of ether oxygens (including phenoxy) is 1. The maximum absolute atomic E-state index is 14.4. The van der Waals surface area contributed by atoms with E-state index in [1.165, 1.54) is 17.8 Å². The zero-order valence-corrected chi connectivity index (χ0v) is 16.8. The van der Waals surface area contributed by atoms with Crippen molar-refractivity contribution in [2.45, 2.75) is 26.4 Å². The summed E-state index contributed by atoms with van der Waals surface area (Å²) in [5.41, 5.74) is 0.265. The number of nitrogens with zero attached hydrogens (tertiary/aromatic N) is 4. The third-order valence-electron chi connectivity index (χ3n) is 3.81. The molecular weight excluding hydrogens is 369 g/mol. The number of rotatable bonds is 2. The number of amides is 1. The van der Waals surface area contributed by atoms with Gasteiger partial charge in [-0.1, -0.05) is 17.8 Å². The Labute approximate surface area is 163 Å². The van der Waals surface area contributed by atoms with Gasteiger partial charge in [0.05, 0.1) is 5.69 Å². The Morgan fingerprint density at radius 3 is 2.56 bits per heavy atom. The van der Waals surface area contributed by atoms with Gasteiger partial charge in [-0.05, 0) is 39.2 Å². The molecule has 1 N–H and O–H groups in total. The first-order valence-electron chi connectivity index (χ1n) is 8.54. The van der Waals surface area contributed by atoms with E-state index in [0.29, 0.717) is 37.0 Å². The topological polar surface area (TPSA) is 81.0 Å².